The van der Waals surface area contributed by atoms with Crippen molar-refractivity contribution in [2.45, 2.75) is 20.3 Å². The molecule has 1 saturated heterocycles. The van der Waals surface area contributed by atoms with Crippen molar-refractivity contribution in [3.05, 3.63) is 75.9 Å². The molecule has 0 atom stereocenters. The van der Waals surface area contributed by atoms with E-state index < -0.39 is 0 Å². The predicted molar refractivity (Wildman–Crippen MR) is 124 cm³/mol. The van der Waals surface area contributed by atoms with E-state index in [1.54, 1.807) is 29.2 Å². The Labute approximate surface area is 185 Å². The summed E-state index contributed by atoms with van der Waals surface area (Å²) < 4.78 is 5.31. The number of allylic oxidation sites excluding steroid dienone is 1. The molecular weight excluding hydrogens is 420 g/mol. The monoisotopic (exact) mass is 440 g/mol. The minimum absolute atomic E-state index is 0.116. The van der Waals surface area contributed by atoms with Crippen LogP contribution in [0.3, 0.4) is 0 Å². The summed E-state index contributed by atoms with van der Waals surface area (Å²) >= 11 is 7.63. The number of anilines is 1. The number of aldehydes is 1. The Hall–Kier alpha value is -2.83. The van der Waals surface area contributed by atoms with Gasteiger partial charge in [0.2, 0.25) is 0 Å². The Bertz CT molecular complexity index is 1050. The predicted octanol–water partition coefficient (Wildman–Crippen LogP) is 5.63. The lowest BCUT2D eigenvalue weighted by molar-refractivity contribution is -0.113. The van der Waals surface area contributed by atoms with E-state index in [0.29, 0.717) is 33.7 Å². The van der Waals surface area contributed by atoms with E-state index >= 15 is 0 Å². The molecule has 1 heterocycles. The number of thioether (sulfide) groups is 1. The lowest BCUT2D eigenvalue weighted by Crippen LogP contribution is -2.29. The third-order valence-corrected chi connectivity index (χ3v) is 5.54. The number of hydrogen-bond acceptors (Lipinski definition) is 5. The van der Waals surface area contributed by atoms with Gasteiger partial charge in [-0.25, -0.2) is 0 Å². The first kappa shape index (κ1) is 21.9. The number of carbonyl (C=O) groups excluding carboxylic acids is 2. The number of para-hydroxylation sites is 1. The van der Waals surface area contributed by atoms with Crippen molar-refractivity contribution in [1.82, 2.24) is 0 Å². The first-order valence-electron chi connectivity index (χ1n) is 9.45. The zero-order valence-electron chi connectivity index (χ0n) is 16.7. The number of amidine groups is 1. The summed E-state index contributed by atoms with van der Waals surface area (Å²) in [5.74, 6) is 0.309. The number of halogens is 1. The number of nitrogens with zero attached hydrogens (tertiary/aromatic N) is 2. The number of aryl methyl sites for hydroxylation is 1. The van der Waals surface area contributed by atoms with E-state index in [2.05, 4.69) is 11.9 Å². The van der Waals surface area contributed by atoms with Gasteiger partial charge in [0.05, 0.1) is 21.9 Å². The van der Waals surface area contributed by atoms with Gasteiger partial charge in [0, 0.05) is 12.6 Å². The number of amides is 1. The molecule has 0 N–H and O–H groups in total. The van der Waals surface area contributed by atoms with Gasteiger partial charge in [-0.15, -0.1) is 0 Å². The van der Waals surface area contributed by atoms with Crippen LogP contribution in [0.15, 0.2) is 64.7 Å². The molecule has 154 valence electrons. The third kappa shape index (κ3) is 5.01. The molecule has 3 rings (SSSR count). The summed E-state index contributed by atoms with van der Waals surface area (Å²) in [5, 5.41) is 1.05. The largest absolute Gasteiger partial charge is 0.463 e. The van der Waals surface area contributed by atoms with Crippen LogP contribution in [0.4, 0.5) is 5.69 Å². The van der Waals surface area contributed by atoms with Gasteiger partial charge in [-0.3, -0.25) is 19.5 Å². The van der Waals surface area contributed by atoms with Gasteiger partial charge in [0.15, 0.2) is 5.17 Å². The van der Waals surface area contributed by atoms with Crippen LogP contribution in [0.2, 0.25) is 5.02 Å². The van der Waals surface area contributed by atoms with E-state index in [-0.39, 0.29) is 5.91 Å². The highest BCUT2D eigenvalue weighted by Crippen LogP contribution is 2.38. The molecule has 1 aliphatic rings. The van der Waals surface area contributed by atoms with Gasteiger partial charge in [-0.05, 0) is 60.5 Å². The van der Waals surface area contributed by atoms with Crippen LogP contribution in [0.5, 0.6) is 5.75 Å². The van der Waals surface area contributed by atoms with Crippen molar-refractivity contribution in [2.75, 3.05) is 11.4 Å². The number of benzene rings is 2. The highest BCUT2D eigenvalue weighted by Gasteiger charge is 2.35. The fraction of sp³-hybridized carbons (Fsp3) is 0.174. The molecule has 0 radical (unpaired) electrons. The molecule has 1 fully saturated rings. The van der Waals surface area contributed by atoms with Gasteiger partial charge < -0.3 is 4.74 Å². The molecule has 0 aromatic heterocycles. The molecule has 30 heavy (non-hydrogen) atoms. The molecule has 7 heteroatoms. The number of hydrogen-bond donors (Lipinski definition) is 0. The van der Waals surface area contributed by atoms with Crippen molar-refractivity contribution in [3.63, 3.8) is 0 Å². The van der Waals surface area contributed by atoms with Crippen LogP contribution < -0.4 is 9.64 Å². The highest BCUT2D eigenvalue weighted by atomic mass is 35.5. The van der Waals surface area contributed by atoms with Crippen LogP contribution in [-0.2, 0) is 9.59 Å². The Kier molecular flexibility index (Phi) is 7.49. The lowest BCUT2D eigenvalue weighted by atomic mass is 10.1. The Morgan fingerprint density at radius 3 is 2.73 bits per heavy atom. The summed E-state index contributed by atoms with van der Waals surface area (Å²) in [6, 6.07) is 13.0. The average molecular weight is 441 g/mol. The summed E-state index contributed by atoms with van der Waals surface area (Å²) in [4.78, 5) is 30.4. The molecule has 0 bridgehead atoms. The minimum atomic E-state index is -0.116. The standard InChI is InChI=1S/C23H21ClN2O3S/c1-3-11-25-23-26(19-8-5-4-7-16(19)2)22(28)21(30-23)15-17-9-10-20(18(24)14-17)29-13-6-12-27/h4-10,12-15H,3,11H2,1-2H3/b13-6+,21-15+,25-23+. The van der Waals surface area contributed by atoms with Crippen LogP contribution in [0.1, 0.15) is 24.5 Å². The third-order valence-electron chi connectivity index (χ3n) is 4.24. The van der Waals surface area contributed by atoms with Gasteiger partial charge in [-0.2, -0.15) is 0 Å². The quantitative estimate of drug-likeness (QED) is 0.318. The fourth-order valence-electron chi connectivity index (χ4n) is 2.81. The van der Waals surface area contributed by atoms with E-state index in [9.17, 15) is 9.59 Å². The second kappa shape index (κ2) is 10.3. The van der Waals surface area contributed by atoms with E-state index in [0.717, 1.165) is 23.2 Å². The summed E-state index contributed by atoms with van der Waals surface area (Å²) in [5.41, 5.74) is 2.60. The second-order valence-corrected chi connectivity index (χ2v) is 7.89. The van der Waals surface area contributed by atoms with Crippen LogP contribution in [0, 0.1) is 6.92 Å². The van der Waals surface area contributed by atoms with E-state index in [4.69, 9.17) is 16.3 Å². The Balaban J connectivity index is 1.92. The van der Waals surface area contributed by atoms with Crippen molar-refractivity contribution < 1.29 is 14.3 Å². The molecule has 5 nitrogen and oxygen atoms in total. The Morgan fingerprint density at radius 1 is 1.23 bits per heavy atom. The number of aliphatic imine (C=N–C) groups is 1. The molecule has 0 aliphatic carbocycles. The summed E-state index contributed by atoms with van der Waals surface area (Å²) in [7, 11) is 0. The van der Waals surface area contributed by atoms with Gasteiger partial charge in [0.1, 0.15) is 12.0 Å². The topological polar surface area (TPSA) is 59.0 Å². The molecule has 2 aromatic rings. The molecule has 0 spiro atoms. The molecule has 0 saturated carbocycles. The number of ether oxygens (including phenoxy) is 1. The van der Waals surface area contributed by atoms with Crippen molar-refractivity contribution in [2.24, 2.45) is 4.99 Å². The van der Waals surface area contributed by atoms with E-state index in [1.807, 2.05) is 31.2 Å². The Morgan fingerprint density at radius 2 is 2.03 bits per heavy atom. The van der Waals surface area contributed by atoms with Crippen LogP contribution >= 0.6 is 23.4 Å². The normalized spacial score (nSPS) is 16.8. The van der Waals surface area contributed by atoms with Crippen molar-refractivity contribution in [1.29, 1.82) is 0 Å². The summed E-state index contributed by atoms with van der Waals surface area (Å²) in [6.07, 6.45) is 5.81. The number of rotatable bonds is 7. The smallest absolute Gasteiger partial charge is 0.271 e. The fourth-order valence-corrected chi connectivity index (χ4v) is 4.04. The second-order valence-electron chi connectivity index (χ2n) is 6.47. The van der Waals surface area contributed by atoms with Crippen LogP contribution in [0.25, 0.3) is 6.08 Å². The maximum Gasteiger partial charge on any atom is 0.271 e. The lowest BCUT2D eigenvalue weighted by Gasteiger charge is -2.17. The first-order valence-corrected chi connectivity index (χ1v) is 10.6. The van der Waals surface area contributed by atoms with Gasteiger partial charge >= 0.3 is 0 Å². The van der Waals surface area contributed by atoms with Gasteiger partial charge in [-0.1, -0.05) is 42.8 Å². The first-order chi connectivity index (χ1) is 14.5. The van der Waals surface area contributed by atoms with Crippen molar-refractivity contribution in [3.8, 4) is 5.75 Å². The molecule has 0 unspecified atom stereocenters. The zero-order chi connectivity index (χ0) is 21.5. The van der Waals surface area contributed by atoms with Crippen molar-refractivity contribution >= 4 is 52.5 Å². The molecule has 1 amide bonds. The zero-order valence-corrected chi connectivity index (χ0v) is 18.2. The SMILES string of the molecule is CCC/N=C1/S/C(=C/c2ccc(O/C=C/C=O)c(Cl)c2)C(=O)N1c1ccccc1C. The average Bonchev–Trinajstić information content (AvgIpc) is 3.03. The maximum atomic E-state index is 13.2. The van der Waals surface area contributed by atoms with Gasteiger partial charge in [0.25, 0.3) is 5.91 Å². The highest BCUT2D eigenvalue weighted by molar-refractivity contribution is 8.19. The van der Waals surface area contributed by atoms with Crippen LogP contribution in [-0.4, -0.2) is 23.9 Å². The molecule has 1 aliphatic heterocycles. The minimum Gasteiger partial charge on any atom is -0.463 e. The maximum absolute atomic E-state index is 13.2. The van der Waals surface area contributed by atoms with E-state index in [1.165, 1.54) is 24.1 Å². The molecule has 2 aromatic carbocycles. The summed E-state index contributed by atoms with van der Waals surface area (Å²) in [6.45, 7) is 4.68. The molecular formula is C23H21ClN2O3S. The number of carbonyl (C=O) groups is 2.